The number of hydrogen-bond donors (Lipinski definition) is 1. The van der Waals surface area contributed by atoms with E-state index < -0.39 is 0 Å². The van der Waals surface area contributed by atoms with Crippen LogP contribution in [0.25, 0.3) is 23.1 Å². The molecule has 4 heteroatoms. The van der Waals surface area contributed by atoms with Gasteiger partial charge in [-0.25, -0.2) is 0 Å². The van der Waals surface area contributed by atoms with Crippen molar-refractivity contribution in [2.24, 2.45) is 0 Å². The van der Waals surface area contributed by atoms with Gasteiger partial charge in [-0.15, -0.1) is 0 Å². The Morgan fingerprint density at radius 1 is 1.14 bits per heavy atom. The summed E-state index contributed by atoms with van der Waals surface area (Å²) in [5, 5.41) is 10.1. The van der Waals surface area contributed by atoms with E-state index in [0.717, 1.165) is 17.6 Å². The molecule has 0 aliphatic carbocycles. The number of furan rings is 1. The van der Waals surface area contributed by atoms with Crippen molar-refractivity contribution in [3.05, 3.63) is 59.4 Å². The molecule has 2 aromatic carbocycles. The lowest BCUT2D eigenvalue weighted by Gasteiger charge is -1.99. The molecule has 1 heterocycles. The standard InChI is InChI=1S/C18H14O4/c1-21-14-4-2-3-12(9-14)5-7-18-16(11-19)15-10-13(20)6-8-17(15)22-18/h2-11,20H,1H3/b7-5+. The largest absolute Gasteiger partial charge is 0.508 e. The molecular formula is C18H14O4. The first kappa shape index (κ1) is 13.9. The van der Waals surface area contributed by atoms with Gasteiger partial charge in [0.1, 0.15) is 22.8 Å². The fourth-order valence-electron chi connectivity index (χ4n) is 2.29. The van der Waals surface area contributed by atoms with Gasteiger partial charge in [-0.3, -0.25) is 4.79 Å². The molecular weight excluding hydrogens is 280 g/mol. The van der Waals surface area contributed by atoms with Crippen LogP contribution in [0.5, 0.6) is 11.5 Å². The lowest BCUT2D eigenvalue weighted by molar-refractivity contribution is 0.112. The van der Waals surface area contributed by atoms with E-state index in [9.17, 15) is 9.90 Å². The number of carbonyl (C=O) groups excluding carboxylic acids is 1. The first-order valence-electron chi connectivity index (χ1n) is 6.74. The predicted octanol–water partition coefficient (Wildman–Crippen LogP) is 4.13. The first-order chi connectivity index (χ1) is 10.7. The maximum absolute atomic E-state index is 11.3. The van der Waals surface area contributed by atoms with E-state index in [4.69, 9.17) is 9.15 Å². The van der Waals surface area contributed by atoms with Gasteiger partial charge in [0.05, 0.1) is 12.7 Å². The average molecular weight is 294 g/mol. The summed E-state index contributed by atoms with van der Waals surface area (Å²) in [5.41, 5.74) is 1.91. The topological polar surface area (TPSA) is 59.7 Å². The molecule has 3 rings (SSSR count). The lowest BCUT2D eigenvalue weighted by atomic mass is 10.1. The molecule has 4 nitrogen and oxygen atoms in total. The second kappa shape index (κ2) is 5.77. The Hall–Kier alpha value is -3.01. The molecule has 0 unspecified atom stereocenters. The summed E-state index contributed by atoms with van der Waals surface area (Å²) in [6, 6.07) is 12.2. The van der Waals surface area contributed by atoms with Crippen LogP contribution in [0.2, 0.25) is 0 Å². The molecule has 0 amide bonds. The number of phenols is 1. The predicted molar refractivity (Wildman–Crippen MR) is 85.2 cm³/mol. The molecule has 22 heavy (non-hydrogen) atoms. The molecule has 0 radical (unpaired) electrons. The Kier molecular flexibility index (Phi) is 3.66. The van der Waals surface area contributed by atoms with Crippen LogP contribution < -0.4 is 4.74 Å². The van der Waals surface area contributed by atoms with Crippen LogP contribution in [0.3, 0.4) is 0 Å². The van der Waals surface area contributed by atoms with E-state index in [2.05, 4.69) is 0 Å². The number of ether oxygens (including phenoxy) is 1. The molecule has 0 saturated heterocycles. The van der Waals surface area contributed by atoms with E-state index in [1.165, 1.54) is 12.1 Å². The molecule has 0 aliphatic heterocycles. The van der Waals surface area contributed by atoms with Gasteiger partial charge in [0.2, 0.25) is 0 Å². The summed E-state index contributed by atoms with van der Waals surface area (Å²) in [6.45, 7) is 0. The van der Waals surface area contributed by atoms with Crippen LogP contribution in [0.15, 0.2) is 46.9 Å². The smallest absolute Gasteiger partial charge is 0.154 e. The average Bonchev–Trinajstić information content (AvgIpc) is 2.89. The number of fused-ring (bicyclic) bond motifs is 1. The minimum atomic E-state index is 0.0970. The van der Waals surface area contributed by atoms with Gasteiger partial charge >= 0.3 is 0 Å². The van der Waals surface area contributed by atoms with E-state index in [1.807, 2.05) is 30.3 Å². The van der Waals surface area contributed by atoms with Gasteiger partial charge in [0.15, 0.2) is 6.29 Å². The Morgan fingerprint density at radius 3 is 2.77 bits per heavy atom. The molecule has 0 fully saturated rings. The minimum Gasteiger partial charge on any atom is -0.508 e. The number of aromatic hydroxyl groups is 1. The van der Waals surface area contributed by atoms with E-state index in [-0.39, 0.29) is 5.75 Å². The van der Waals surface area contributed by atoms with Crippen molar-refractivity contribution in [1.29, 1.82) is 0 Å². The third-order valence-electron chi connectivity index (χ3n) is 3.38. The van der Waals surface area contributed by atoms with Gasteiger partial charge < -0.3 is 14.3 Å². The molecule has 1 aromatic heterocycles. The van der Waals surface area contributed by atoms with Crippen molar-refractivity contribution in [3.8, 4) is 11.5 Å². The van der Waals surface area contributed by atoms with Crippen molar-refractivity contribution >= 4 is 29.4 Å². The highest BCUT2D eigenvalue weighted by Gasteiger charge is 2.12. The summed E-state index contributed by atoms with van der Waals surface area (Å²) in [4.78, 5) is 11.3. The summed E-state index contributed by atoms with van der Waals surface area (Å²) < 4.78 is 10.8. The quantitative estimate of drug-likeness (QED) is 0.735. The van der Waals surface area contributed by atoms with Crippen LogP contribution >= 0.6 is 0 Å². The molecule has 0 spiro atoms. The van der Waals surface area contributed by atoms with Crippen LogP contribution in [0.1, 0.15) is 21.7 Å². The molecule has 110 valence electrons. The summed E-state index contributed by atoms with van der Waals surface area (Å²) >= 11 is 0. The van der Waals surface area contributed by atoms with Crippen molar-refractivity contribution in [1.82, 2.24) is 0 Å². The molecule has 0 atom stereocenters. The van der Waals surface area contributed by atoms with E-state index in [0.29, 0.717) is 22.3 Å². The number of benzene rings is 2. The summed E-state index contributed by atoms with van der Waals surface area (Å²) in [6.07, 6.45) is 4.30. The molecule has 1 N–H and O–H groups in total. The van der Waals surface area contributed by atoms with Crippen molar-refractivity contribution in [3.63, 3.8) is 0 Å². The molecule has 0 bridgehead atoms. The normalized spacial score (nSPS) is 11.1. The monoisotopic (exact) mass is 294 g/mol. The highest BCUT2D eigenvalue weighted by molar-refractivity contribution is 6.00. The van der Waals surface area contributed by atoms with E-state index >= 15 is 0 Å². The Labute approximate surface area is 127 Å². The van der Waals surface area contributed by atoms with Gasteiger partial charge in [0.25, 0.3) is 0 Å². The maximum Gasteiger partial charge on any atom is 0.154 e. The SMILES string of the molecule is COc1cccc(/C=C/c2oc3ccc(O)cc3c2C=O)c1. The third kappa shape index (κ3) is 2.59. The number of carbonyl (C=O) groups is 1. The third-order valence-corrected chi connectivity index (χ3v) is 3.38. The second-order valence-corrected chi connectivity index (χ2v) is 4.79. The maximum atomic E-state index is 11.3. The van der Waals surface area contributed by atoms with E-state index in [1.54, 1.807) is 19.3 Å². The number of phenolic OH excluding ortho intramolecular Hbond substituents is 1. The zero-order valence-electron chi connectivity index (χ0n) is 11.9. The highest BCUT2D eigenvalue weighted by atomic mass is 16.5. The zero-order valence-corrected chi connectivity index (χ0v) is 11.9. The molecule has 3 aromatic rings. The van der Waals surface area contributed by atoms with Crippen molar-refractivity contribution in [2.45, 2.75) is 0 Å². The van der Waals surface area contributed by atoms with Gasteiger partial charge in [0, 0.05) is 5.39 Å². The van der Waals surface area contributed by atoms with Crippen molar-refractivity contribution in [2.75, 3.05) is 7.11 Å². The number of hydrogen-bond acceptors (Lipinski definition) is 4. The first-order valence-corrected chi connectivity index (χ1v) is 6.74. The number of methoxy groups -OCH3 is 1. The van der Waals surface area contributed by atoms with Crippen LogP contribution in [-0.4, -0.2) is 18.5 Å². The number of aldehydes is 1. The van der Waals surface area contributed by atoms with Gasteiger partial charge in [-0.05, 0) is 42.0 Å². The van der Waals surface area contributed by atoms with Crippen LogP contribution in [0, 0.1) is 0 Å². The molecule has 0 aliphatic rings. The Morgan fingerprint density at radius 2 is 2.00 bits per heavy atom. The number of rotatable bonds is 4. The molecule has 0 saturated carbocycles. The Bertz CT molecular complexity index is 859. The fourth-order valence-corrected chi connectivity index (χ4v) is 2.29. The van der Waals surface area contributed by atoms with Crippen LogP contribution in [-0.2, 0) is 0 Å². The highest BCUT2D eigenvalue weighted by Crippen LogP contribution is 2.29. The summed E-state index contributed by atoms with van der Waals surface area (Å²) in [5.74, 6) is 1.31. The van der Waals surface area contributed by atoms with Crippen molar-refractivity contribution < 1.29 is 19.1 Å². The summed E-state index contributed by atoms with van der Waals surface area (Å²) in [7, 11) is 1.61. The lowest BCUT2D eigenvalue weighted by Crippen LogP contribution is -1.83. The fraction of sp³-hybridized carbons (Fsp3) is 0.0556. The zero-order chi connectivity index (χ0) is 15.5. The second-order valence-electron chi connectivity index (χ2n) is 4.79. The van der Waals surface area contributed by atoms with Gasteiger partial charge in [-0.2, -0.15) is 0 Å². The van der Waals surface area contributed by atoms with Crippen LogP contribution in [0.4, 0.5) is 0 Å². The minimum absolute atomic E-state index is 0.0970. The Balaban J connectivity index is 2.02. The van der Waals surface area contributed by atoms with Gasteiger partial charge in [-0.1, -0.05) is 18.2 Å².